The summed E-state index contributed by atoms with van der Waals surface area (Å²) in [5.41, 5.74) is 2.58. The molecule has 0 saturated heterocycles. The molecule has 0 bridgehead atoms. The van der Waals surface area contributed by atoms with Crippen molar-refractivity contribution in [2.45, 2.75) is 12.8 Å². The van der Waals surface area contributed by atoms with E-state index < -0.39 is 0 Å². The molecule has 0 amide bonds. The Kier molecular flexibility index (Phi) is 7.15. The third-order valence-electron chi connectivity index (χ3n) is 3.04. The minimum atomic E-state index is 0.910. The lowest BCUT2D eigenvalue weighted by atomic mass is 10.1. The van der Waals surface area contributed by atoms with Gasteiger partial charge < -0.3 is 0 Å². The van der Waals surface area contributed by atoms with Crippen LogP contribution < -0.4 is 0 Å². The predicted molar refractivity (Wildman–Crippen MR) is 95.6 cm³/mol. The lowest BCUT2D eigenvalue weighted by Crippen LogP contribution is -1.78. The van der Waals surface area contributed by atoms with Crippen molar-refractivity contribution in [1.29, 1.82) is 0 Å². The smallest absolute Gasteiger partial charge is 0.0492 e. The molecule has 22 heavy (non-hydrogen) atoms. The molecule has 0 radical (unpaired) electrons. The number of benzene rings is 2. The highest BCUT2D eigenvalue weighted by molar-refractivity contribution is 5.74. The summed E-state index contributed by atoms with van der Waals surface area (Å²) in [7, 11) is 0. The third-order valence-corrected chi connectivity index (χ3v) is 3.04. The first-order chi connectivity index (χ1) is 10.9. The average Bonchev–Trinajstić information content (AvgIpc) is 2.58. The molecule has 2 nitrogen and oxygen atoms in total. The topological polar surface area (TPSA) is 24.7 Å². The van der Waals surface area contributed by atoms with Gasteiger partial charge in [-0.2, -0.15) is 10.2 Å². The van der Waals surface area contributed by atoms with Crippen LogP contribution in [0.1, 0.15) is 11.1 Å². The lowest BCUT2D eigenvalue weighted by molar-refractivity contribution is 1.25. The SMILES string of the molecule is C(=CCc1ccccc1)C=N/N=C/C=CCc1ccccc1. The number of rotatable bonds is 7. The maximum atomic E-state index is 3.95. The van der Waals surface area contributed by atoms with E-state index in [1.807, 2.05) is 48.6 Å². The number of nitrogens with zero attached hydrogens (tertiary/aromatic N) is 2. The van der Waals surface area contributed by atoms with Crippen LogP contribution in [-0.4, -0.2) is 12.4 Å². The molecule has 0 N–H and O–H groups in total. The minimum absolute atomic E-state index is 0.910. The van der Waals surface area contributed by atoms with E-state index in [-0.39, 0.29) is 0 Å². The fourth-order valence-electron chi connectivity index (χ4n) is 1.91. The van der Waals surface area contributed by atoms with Crippen molar-refractivity contribution in [3.05, 3.63) is 96.1 Å². The summed E-state index contributed by atoms with van der Waals surface area (Å²) in [4.78, 5) is 0. The Morgan fingerprint density at radius 2 is 1.00 bits per heavy atom. The van der Waals surface area contributed by atoms with Gasteiger partial charge in [-0.25, -0.2) is 0 Å². The van der Waals surface area contributed by atoms with Gasteiger partial charge in [-0.1, -0.05) is 72.8 Å². The van der Waals surface area contributed by atoms with Gasteiger partial charge in [-0.05, 0) is 36.1 Å². The summed E-state index contributed by atoms with van der Waals surface area (Å²) >= 11 is 0. The van der Waals surface area contributed by atoms with Crippen molar-refractivity contribution >= 4 is 12.4 Å². The quantitative estimate of drug-likeness (QED) is 0.524. The van der Waals surface area contributed by atoms with Gasteiger partial charge in [-0.15, -0.1) is 0 Å². The van der Waals surface area contributed by atoms with Crippen LogP contribution in [0.2, 0.25) is 0 Å². The molecule has 0 aliphatic carbocycles. The first-order valence-electron chi connectivity index (χ1n) is 7.39. The fourth-order valence-corrected chi connectivity index (χ4v) is 1.91. The average molecular weight is 288 g/mol. The summed E-state index contributed by atoms with van der Waals surface area (Å²) in [5, 5.41) is 7.91. The molecule has 0 saturated carbocycles. The summed E-state index contributed by atoms with van der Waals surface area (Å²) < 4.78 is 0. The van der Waals surface area contributed by atoms with Crippen LogP contribution in [0.4, 0.5) is 0 Å². The van der Waals surface area contributed by atoms with Crippen LogP contribution in [0.5, 0.6) is 0 Å². The van der Waals surface area contributed by atoms with Crippen molar-refractivity contribution in [3.8, 4) is 0 Å². The molecule has 2 rings (SSSR count). The van der Waals surface area contributed by atoms with E-state index >= 15 is 0 Å². The van der Waals surface area contributed by atoms with E-state index in [4.69, 9.17) is 0 Å². The third kappa shape index (κ3) is 6.62. The van der Waals surface area contributed by atoms with Crippen molar-refractivity contribution in [1.82, 2.24) is 0 Å². The van der Waals surface area contributed by atoms with Gasteiger partial charge in [-0.3, -0.25) is 0 Å². The van der Waals surface area contributed by atoms with Crippen molar-refractivity contribution in [2.75, 3.05) is 0 Å². The maximum absolute atomic E-state index is 3.95. The zero-order chi connectivity index (χ0) is 15.3. The van der Waals surface area contributed by atoms with Gasteiger partial charge in [0.25, 0.3) is 0 Å². The van der Waals surface area contributed by atoms with Crippen molar-refractivity contribution in [3.63, 3.8) is 0 Å². The van der Waals surface area contributed by atoms with Gasteiger partial charge in [0.2, 0.25) is 0 Å². The molecule has 0 heterocycles. The van der Waals surface area contributed by atoms with Gasteiger partial charge in [0, 0.05) is 12.4 Å². The second kappa shape index (κ2) is 10.1. The molecule has 2 aromatic rings. The van der Waals surface area contributed by atoms with Crippen LogP contribution in [0, 0.1) is 0 Å². The number of hydrogen-bond acceptors (Lipinski definition) is 2. The molecule has 0 aliphatic rings. The van der Waals surface area contributed by atoms with Crippen LogP contribution in [-0.2, 0) is 12.8 Å². The summed E-state index contributed by atoms with van der Waals surface area (Å²) in [6.07, 6.45) is 13.2. The highest BCUT2D eigenvalue weighted by Gasteiger charge is 1.85. The van der Waals surface area contributed by atoms with Gasteiger partial charge >= 0.3 is 0 Å². The molecule has 2 aromatic carbocycles. The normalized spacial score (nSPS) is 12.2. The summed E-state index contributed by atoms with van der Waals surface area (Å²) in [5.74, 6) is 0. The summed E-state index contributed by atoms with van der Waals surface area (Å²) in [6, 6.07) is 20.7. The second-order valence-corrected chi connectivity index (χ2v) is 4.76. The van der Waals surface area contributed by atoms with E-state index in [9.17, 15) is 0 Å². The Balaban J connectivity index is 1.64. The highest BCUT2D eigenvalue weighted by atomic mass is 15.2. The molecule has 0 aromatic heterocycles. The van der Waals surface area contributed by atoms with Crippen LogP contribution >= 0.6 is 0 Å². The van der Waals surface area contributed by atoms with Gasteiger partial charge in [0.15, 0.2) is 0 Å². The molecule has 0 aliphatic heterocycles. The monoisotopic (exact) mass is 288 g/mol. The summed E-state index contributed by atoms with van der Waals surface area (Å²) in [6.45, 7) is 0. The molecule has 0 atom stereocenters. The van der Waals surface area contributed by atoms with E-state index in [0.717, 1.165) is 12.8 Å². The zero-order valence-electron chi connectivity index (χ0n) is 12.5. The largest absolute Gasteiger partial charge is 0.159 e. The van der Waals surface area contributed by atoms with E-state index in [0.29, 0.717) is 0 Å². The minimum Gasteiger partial charge on any atom is -0.159 e. The van der Waals surface area contributed by atoms with E-state index in [2.05, 4.69) is 46.6 Å². The standard InChI is InChI=1S/C20H20N2/c1-3-11-19(12-4-1)15-7-9-17-21-22-18-10-8-16-20-13-5-2-6-14-20/h1-14,17-18H,15-16H2/b9-7?,10-8?,21-17+,22-18?. The molecule has 110 valence electrons. The maximum Gasteiger partial charge on any atom is 0.0492 e. The van der Waals surface area contributed by atoms with Crippen molar-refractivity contribution in [2.24, 2.45) is 10.2 Å². The van der Waals surface area contributed by atoms with Crippen LogP contribution in [0.3, 0.4) is 0 Å². The molecule has 0 spiro atoms. The molecular weight excluding hydrogens is 268 g/mol. The van der Waals surface area contributed by atoms with Gasteiger partial charge in [0.05, 0.1) is 0 Å². The molecule has 0 fully saturated rings. The zero-order valence-corrected chi connectivity index (χ0v) is 12.5. The second-order valence-electron chi connectivity index (χ2n) is 4.76. The fraction of sp³-hybridized carbons (Fsp3) is 0.100. The van der Waals surface area contributed by atoms with Gasteiger partial charge in [0.1, 0.15) is 0 Å². The first-order valence-corrected chi connectivity index (χ1v) is 7.39. The van der Waals surface area contributed by atoms with Crippen molar-refractivity contribution < 1.29 is 0 Å². The number of hydrogen-bond donors (Lipinski definition) is 0. The Bertz CT molecular complexity index is 578. The Morgan fingerprint density at radius 1 is 0.591 bits per heavy atom. The molecule has 2 heteroatoms. The van der Waals surface area contributed by atoms with Crippen LogP contribution in [0.25, 0.3) is 0 Å². The molecular formula is C20H20N2. The van der Waals surface area contributed by atoms with E-state index in [1.165, 1.54) is 11.1 Å². The first kappa shape index (κ1) is 15.6. The van der Waals surface area contributed by atoms with E-state index in [1.54, 1.807) is 12.4 Å². The Morgan fingerprint density at radius 3 is 1.41 bits per heavy atom. The molecule has 0 unspecified atom stereocenters. The van der Waals surface area contributed by atoms with Crippen LogP contribution in [0.15, 0.2) is 95.2 Å². The lowest BCUT2D eigenvalue weighted by Gasteiger charge is -1.92. The highest BCUT2D eigenvalue weighted by Crippen LogP contribution is 2.00. The number of allylic oxidation sites excluding steroid dienone is 4. The Hall–Kier alpha value is -2.74. The predicted octanol–water partition coefficient (Wildman–Crippen LogP) is 4.64. The Labute approximate surface area is 132 Å².